The van der Waals surface area contributed by atoms with Gasteiger partial charge in [-0.1, -0.05) is 6.07 Å². The highest BCUT2D eigenvalue weighted by Gasteiger charge is 2.28. The molecular formula is C20H27N5O3S. The van der Waals surface area contributed by atoms with Crippen molar-refractivity contribution in [1.82, 2.24) is 15.1 Å². The second-order valence-corrected chi connectivity index (χ2v) is 8.71. The number of carbonyl (C=O) groups excluding carboxylic acids is 1. The second kappa shape index (κ2) is 8.54. The number of nitrogens with zero attached hydrogens (tertiary/aromatic N) is 2. The van der Waals surface area contributed by atoms with Crippen LogP contribution < -0.4 is 20.5 Å². The van der Waals surface area contributed by atoms with Crippen molar-refractivity contribution in [3.05, 3.63) is 34.5 Å². The third-order valence-electron chi connectivity index (χ3n) is 5.85. The molecule has 0 saturated carbocycles. The van der Waals surface area contributed by atoms with E-state index >= 15 is 0 Å². The van der Waals surface area contributed by atoms with Gasteiger partial charge in [0.05, 0.1) is 24.5 Å². The summed E-state index contributed by atoms with van der Waals surface area (Å²) < 4.78 is 24.1. The predicted molar refractivity (Wildman–Crippen MR) is 111 cm³/mol. The van der Waals surface area contributed by atoms with E-state index in [4.69, 9.17) is 9.53 Å². The van der Waals surface area contributed by atoms with E-state index in [9.17, 15) is 4.21 Å². The number of ether oxygens (including phenoxy) is 1. The standard InChI is InChI=1S/C19H24N4O2S.CH3NO/c1-20-14-10-23-19(25-11-14)17(9-21-23)26(24)22-18-15-6-2-4-12(15)8-13-5-3-7-16(13)18;2-1-3/h8-9,14,20,22H,2-7,10-11H2,1H3;1H,(H2,2,3). The summed E-state index contributed by atoms with van der Waals surface area (Å²) in [5, 5.41) is 7.58. The molecule has 1 aromatic heterocycles. The van der Waals surface area contributed by atoms with Gasteiger partial charge in [-0.15, -0.1) is 0 Å². The van der Waals surface area contributed by atoms with E-state index in [0.29, 0.717) is 17.4 Å². The summed E-state index contributed by atoms with van der Waals surface area (Å²) in [6.07, 6.45) is 8.75. The Labute approximate surface area is 172 Å². The largest absolute Gasteiger partial charge is 0.475 e. The van der Waals surface area contributed by atoms with Gasteiger partial charge in [0.2, 0.25) is 12.3 Å². The molecule has 156 valence electrons. The fraction of sp³-hybridized carbons (Fsp3) is 0.500. The Bertz CT molecular complexity index is 910. The fourth-order valence-electron chi connectivity index (χ4n) is 4.46. The second-order valence-electron chi connectivity index (χ2n) is 7.53. The van der Waals surface area contributed by atoms with E-state index in [-0.39, 0.29) is 12.5 Å². The molecule has 1 aliphatic heterocycles. The lowest BCUT2D eigenvalue weighted by Gasteiger charge is -2.24. The summed E-state index contributed by atoms with van der Waals surface area (Å²) in [5.74, 6) is 0.631. The van der Waals surface area contributed by atoms with Crippen molar-refractivity contribution >= 4 is 23.1 Å². The molecule has 3 aliphatic rings. The number of likely N-dealkylation sites (N-methyl/N-ethyl adjacent to an activating group) is 1. The van der Waals surface area contributed by atoms with Crippen molar-refractivity contribution in [2.75, 3.05) is 18.4 Å². The quantitative estimate of drug-likeness (QED) is 0.645. The Morgan fingerprint density at radius 2 is 1.90 bits per heavy atom. The van der Waals surface area contributed by atoms with Crippen molar-refractivity contribution < 1.29 is 13.7 Å². The summed E-state index contributed by atoms with van der Waals surface area (Å²) >= 11 is 0. The molecule has 4 N–H and O–H groups in total. The number of rotatable bonds is 4. The zero-order valence-corrected chi connectivity index (χ0v) is 17.4. The zero-order valence-electron chi connectivity index (χ0n) is 16.6. The van der Waals surface area contributed by atoms with Gasteiger partial charge in [-0.25, -0.2) is 8.89 Å². The number of anilines is 1. The molecule has 1 amide bonds. The van der Waals surface area contributed by atoms with Crippen LogP contribution in [-0.4, -0.2) is 40.1 Å². The molecule has 0 radical (unpaired) electrons. The number of aryl methyl sites for hydroxylation is 2. The Morgan fingerprint density at radius 3 is 2.52 bits per heavy atom. The van der Waals surface area contributed by atoms with Crippen LogP contribution in [0.15, 0.2) is 17.2 Å². The third-order valence-corrected chi connectivity index (χ3v) is 6.92. The molecule has 0 bridgehead atoms. The SMILES string of the molecule is CNC1COc2c(S(=O)Nc3c4c(cc5c3CCC5)CCC4)cnn2C1.NC=O. The minimum Gasteiger partial charge on any atom is -0.475 e. The van der Waals surface area contributed by atoms with E-state index in [0.717, 1.165) is 37.9 Å². The van der Waals surface area contributed by atoms with Gasteiger partial charge in [0.25, 0.3) is 0 Å². The van der Waals surface area contributed by atoms with Crippen molar-refractivity contribution in [3.8, 4) is 5.88 Å². The molecule has 5 rings (SSSR count). The zero-order chi connectivity index (χ0) is 20.4. The summed E-state index contributed by atoms with van der Waals surface area (Å²) in [6, 6.07) is 2.62. The first-order valence-electron chi connectivity index (χ1n) is 10.0. The van der Waals surface area contributed by atoms with Crippen molar-refractivity contribution in [2.45, 2.75) is 56.0 Å². The molecule has 2 aromatic rings. The Morgan fingerprint density at radius 1 is 1.24 bits per heavy atom. The first kappa shape index (κ1) is 19.9. The molecule has 2 unspecified atom stereocenters. The molecule has 2 atom stereocenters. The van der Waals surface area contributed by atoms with Crippen LogP contribution in [-0.2, 0) is 48.0 Å². The summed E-state index contributed by atoms with van der Waals surface area (Å²) in [4.78, 5) is 9.22. The summed E-state index contributed by atoms with van der Waals surface area (Å²) in [5.41, 5.74) is 10.9. The van der Waals surface area contributed by atoms with E-state index in [1.165, 1.54) is 35.1 Å². The number of carbonyl (C=O) groups is 1. The van der Waals surface area contributed by atoms with Gasteiger partial charge in [-0.3, -0.25) is 4.79 Å². The Balaban J connectivity index is 0.000000645. The first-order chi connectivity index (χ1) is 14.2. The normalized spacial score (nSPS) is 19.8. The van der Waals surface area contributed by atoms with Crippen LogP contribution in [0.4, 0.5) is 5.69 Å². The number of benzene rings is 1. The highest BCUT2D eigenvalue weighted by Crippen LogP contribution is 2.39. The van der Waals surface area contributed by atoms with E-state index in [1.54, 1.807) is 10.9 Å². The van der Waals surface area contributed by atoms with Crippen LogP contribution in [0.25, 0.3) is 0 Å². The fourth-order valence-corrected chi connectivity index (χ4v) is 5.47. The number of nitrogens with two attached hydrogens (primary N) is 1. The van der Waals surface area contributed by atoms with Gasteiger partial charge in [-0.2, -0.15) is 5.10 Å². The number of nitrogens with one attached hydrogen (secondary N) is 2. The highest BCUT2D eigenvalue weighted by atomic mass is 32.2. The van der Waals surface area contributed by atoms with Gasteiger partial charge in [-0.05, 0) is 67.8 Å². The van der Waals surface area contributed by atoms with Crippen LogP contribution in [0.2, 0.25) is 0 Å². The molecule has 0 fully saturated rings. The maximum atomic E-state index is 13.1. The molecule has 2 heterocycles. The number of hydrogen-bond donors (Lipinski definition) is 3. The minimum absolute atomic E-state index is 0.234. The van der Waals surface area contributed by atoms with Crippen LogP contribution in [0.1, 0.15) is 35.1 Å². The molecule has 0 saturated heterocycles. The van der Waals surface area contributed by atoms with Crippen LogP contribution in [0.5, 0.6) is 5.88 Å². The summed E-state index contributed by atoms with van der Waals surface area (Å²) in [6.45, 7) is 1.31. The monoisotopic (exact) mass is 417 g/mol. The van der Waals surface area contributed by atoms with Crippen LogP contribution >= 0.6 is 0 Å². The number of fused-ring (bicyclic) bond motifs is 3. The molecule has 8 nitrogen and oxygen atoms in total. The molecular weight excluding hydrogens is 390 g/mol. The number of hydrogen-bond acceptors (Lipinski definition) is 5. The van der Waals surface area contributed by atoms with Gasteiger partial charge < -0.3 is 20.5 Å². The molecule has 9 heteroatoms. The van der Waals surface area contributed by atoms with Crippen molar-refractivity contribution in [1.29, 1.82) is 0 Å². The van der Waals surface area contributed by atoms with E-state index in [1.807, 2.05) is 7.05 Å². The lowest BCUT2D eigenvalue weighted by Crippen LogP contribution is -2.40. The smallest absolute Gasteiger partial charge is 0.230 e. The topological polar surface area (TPSA) is 111 Å². The molecule has 1 aromatic carbocycles. The molecule has 2 aliphatic carbocycles. The molecule has 29 heavy (non-hydrogen) atoms. The van der Waals surface area contributed by atoms with Crippen LogP contribution in [0.3, 0.4) is 0 Å². The van der Waals surface area contributed by atoms with Crippen LogP contribution in [0, 0.1) is 0 Å². The lowest BCUT2D eigenvalue weighted by molar-refractivity contribution is -0.106. The maximum absolute atomic E-state index is 13.1. The average molecular weight is 418 g/mol. The average Bonchev–Trinajstić information content (AvgIpc) is 3.46. The van der Waals surface area contributed by atoms with E-state index < -0.39 is 11.0 Å². The van der Waals surface area contributed by atoms with Gasteiger partial charge in [0, 0.05) is 0 Å². The minimum atomic E-state index is -1.37. The number of aromatic nitrogens is 2. The maximum Gasteiger partial charge on any atom is 0.230 e. The van der Waals surface area contributed by atoms with Gasteiger partial charge in [0.15, 0.2) is 11.0 Å². The highest BCUT2D eigenvalue weighted by molar-refractivity contribution is 7.86. The third kappa shape index (κ3) is 3.76. The van der Waals surface area contributed by atoms with Crippen molar-refractivity contribution in [3.63, 3.8) is 0 Å². The Kier molecular flexibility index (Phi) is 5.86. The lowest BCUT2D eigenvalue weighted by atomic mass is 9.99. The summed E-state index contributed by atoms with van der Waals surface area (Å²) in [7, 11) is 0.547. The first-order valence-corrected chi connectivity index (χ1v) is 11.2. The predicted octanol–water partition coefficient (Wildman–Crippen LogP) is 1.08. The van der Waals surface area contributed by atoms with Gasteiger partial charge >= 0.3 is 0 Å². The van der Waals surface area contributed by atoms with Crippen molar-refractivity contribution in [2.24, 2.45) is 5.73 Å². The van der Waals surface area contributed by atoms with Gasteiger partial charge in [0.1, 0.15) is 11.5 Å². The Hall–Kier alpha value is -2.39. The number of primary amides is 1. The number of amides is 1. The van der Waals surface area contributed by atoms with E-state index in [2.05, 4.69) is 26.9 Å². The molecule has 0 spiro atoms.